The summed E-state index contributed by atoms with van der Waals surface area (Å²) in [6, 6.07) is 16.6. The van der Waals surface area contributed by atoms with Crippen molar-refractivity contribution in [3.8, 4) is 11.5 Å². The summed E-state index contributed by atoms with van der Waals surface area (Å²) in [6.07, 6.45) is 4.26. The van der Waals surface area contributed by atoms with E-state index in [4.69, 9.17) is 14.9 Å². The van der Waals surface area contributed by atoms with Crippen LogP contribution >= 0.6 is 12.4 Å². The van der Waals surface area contributed by atoms with Crippen molar-refractivity contribution >= 4 is 46.3 Å². The van der Waals surface area contributed by atoms with E-state index in [0.29, 0.717) is 17.8 Å². The molecule has 30 heavy (non-hydrogen) atoms. The molecule has 4 rings (SSSR count). The van der Waals surface area contributed by atoms with Crippen molar-refractivity contribution < 1.29 is 19.4 Å². The SMILES string of the molecule is COc1cccc(/C=C/c2oc3c(cc(O)c4ccccc43)c2CC(N)CO)c1.Cl. The number of hydrogen-bond acceptors (Lipinski definition) is 5. The number of nitrogens with two attached hydrogens (primary N) is 1. The van der Waals surface area contributed by atoms with Crippen LogP contribution in [-0.4, -0.2) is 30.0 Å². The predicted octanol–water partition coefficient (Wildman–Crippen LogP) is 4.75. The van der Waals surface area contributed by atoms with Crippen molar-refractivity contribution in [1.29, 1.82) is 0 Å². The van der Waals surface area contributed by atoms with Crippen LogP contribution in [0.1, 0.15) is 16.9 Å². The van der Waals surface area contributed by atoms with Crippen LogP contribution < -0.4 is 10.5 Å². The normalized spacial score (nSPS) is 12.4. The van der Waals surface area contributed by atoms with Gasteiger partial charge in [-0.2, -0.15) is 0 Å². The highest BCUT2D eigenvalue weighted by Gasteiger charge is 2.18. The maximum absolute atomic E-state index is 10.5. The first kappa shape index (κ1) is 21.7. The Hall–Kier alpha value is -2.99. The summed E-state index contributed by atoms with van der Waals surface area (Å²) in [4.78, 5) is 0. The van der Waals surface area contributed by atoms with E-state index in [2.05, 4.69) is 0 Å². The topological polar surface area (TPSA) is 88.9 Å². The Morgan fingerprint density at radius 3 is 2.53 bits per heavy atom. The highest BCUT2D eigenvalue weighted by Crippen LogP contribution is 2.38. The fourth-order valence-corrected chi connectivity index (χ4v) is 3.56. The van der Waals surface area contributed by atoms with E-state index < -0.39 is 6.04 Å². The van der Waals surface area contributed by atoms with E-state index in [1.165, 1.54) is 0 Å². The Labute approximate surface area is 180 Å². The molecule has 0 spiro atoms. The molecule has 4 N–H and O–H groups in total. The number of phenols is 1. The fourth-order valence-electron chi connectivity index (χ4n) is 3.56. The highest BCUT2D eigenvalue weighted by molar-refractivity contribution is 6.09. The molecule has 0 amide bonds. The first-order chi connectivity index (χ1) is 14.1. The summed E-state index contributed by atoms with van der Waals surface area (Å²) < 4.78 is 11.5. The third kappa shape index (κ3) is 4.14. The number of hydrogen-bond donors (Lipinski definition) is 3. The maximum Gasteiger partial charge on any atom is 0.143 e. The van der Waals surface area contributed by atoms with Crippen LogP contribution in [0.15, 0.2) is 59.0 Å². The van der Waals surface area contributed by atoms with Crippen molar-refractivity contribution in [3.05, 3.63) is 71.5 Å². The van der Waals surface area contributed by atoms with E-state index >= 15 is 0 Å². The molecular weight excluding hydrogens is 402 g/mol. The molecule has 1 atom stereocenters. The van der Waals surface area contributed by atoms with Crippen molar-refractivity contribution in [1.82, 2.24) is 0 Å². The van der Waals surface area contributed by atoms with Crippen molar-refractivity contribution in [2.24, 2.45) is 5.73 Å². The molecule has 0 aliphatic carbocycles. The lowest BCUT2D eigenvalue weighted by Crippen LogP contribution is -2.26. The minimum Gasteiger partial charge on any atom is -0.507 e. The minimum absolute atomic E-state index is 0. The van der Waals surface area contributed by atoms with Gasteiger partial charge in [0.25, 0.3) is 0 Å². The van der Waals surface area contributed by atoms with E-state index in [-0.39, 0.29) is 24.8 Å². The van der Waals surface area contributed by atoms with Gasteiger partial charge in [-0.15, -0.1) is 12.4 Å². The van der Waals surface area contributed by atoms with Gasteiger partial charge in [0.1, 0.15) is 22.8 Å². The van der Waals surface area contributed by atoms with Crippen molar-refractivity contribution in [2.45, 2.75) is 12.5 Å². The molecule has 5 nitrogen and oxygen atoms in total. The Bertz CT molecular complexity index is 1200. The Morgan fingerprint density at radius 1 is 1.03 bits per heavy atom. The molecule has 0 aliphatic heterocycles. The largest absolute Gasteiger partial charge is 0.507 e. The molecule has 0 saturated heterocycles. The van der Waals surface area contributed by atoms with Crippen LogP contribution in [0, 0.1) is 0 Å². The number of furan rings is 1. The van der Waals surface area contributed by atoms with Gasteiger partial charge >= 0.3 is 0 Å². The van der Waals surface area contributed by atoms with Gasteiger partial charge in [0.2, 0.25) is 0 Å². The van der Waals surface area contributed by atoms with Gasteiger partial charge in [0.05, 0.1) is 13.7 Å². The van der Waals surface area contributed by atoms with Gasteiger partial charge in [-0.1, -0.05) is 42.5 Å². The van der Waals surface area contributed by atoms with Crippen LogP contribution in [-0.2, 0) is 6.42 Å². The summed E-state index contributed by atoms with van der Waals surface area (Å²) in [7, 11) is 1.63. The van der Waals surface area contributed by atoms with Gasteiger partial charge in [-0.3, -0.25) is 0 Å². The number of aliphatic hydroxyl groups excluding tert-OH is 1. The second-order valence-corrected chi connectivity index (χ2v) is 7.02. The molecule has 0 fully saturated rings. The fraction of sp³-hybridized carbons (Fsp3) is 0.167. The van der Waals surface area contributed by atoms with Crippen LogP contribution in [0.5, 0.6) is 11.5 Å². The van der Waals surface area contributed by atoms with Crippen LogP contribution in [0.2, 0.25) is 0 Å². The number of rotatable bonds is 6. The summed E-state index contributed by atoms with van der Waals surface area (Å²) in [6.45, 7) is -0.134. The number of aliphatic hydroxyl groups is 1. The molecule has 1 aromatic heterocycles. The molecule has 1 unspecified atom stereocenters. The molecule has 6 heteroatoms. The van der Waals surface area contributed by atoms with E-state index in [0.717, 1.165) is 33.0 Å². The molecule has 0 radical (unpaired) electrons. The lowest BCUT2D eigenvalue weighted by atomic mass is 9.99. The zero-order valence-electron chi connectivity index (χ0n) is 16.5. The van der Waals surface area contributed by atoms with Crippen molar-refractivity contribution in [3.63, 3.8) is 0 Å². The number of benzene rings is 3. The third-order valence-electron chi connectivity index (χ3n) is 5.03. The summed E-state index contributed by atoms with van der Waals surface area (Å²) in [5.41, 5.74) is 8.55. The predicted molar refractivity (Wildman–Crippen MR) is 123 cm³/mol. The van der Waals surface area contributed by atoms with Crippen LogP contribution in [0.25, 0.3) is 33.9 Å². The summed E-state index contributed by atoms with van der Waals surface area (Å²) in [5, 5.41) is 22.3. The zero-order chi connectivity index (χ0) is 20.4. The average molecular weight is 426 g/mol. The van der Waals surface area contributed by atoms with E-state index in [9.17, 15) is 10.2 Å². The first-order valence-electron chi connectivity index (χ1n) is 9.45. The number of ether oxygens (including phenoxy) is 1. The van der Waals surface area contributed by atoms with E-state index in [1.807, 2.05) is 60.7 Å². The smallest absolute Gasteiger partial charge is 0.143 e. The van der Waals surface area contributed by atoms with Gasteiger partial charge in [0, 0.05) is 27.8 Å². The lowest BCUT2D eigenvalue weighted by Gasteiger charge is -2.08. The molecule has 0 saturated carbocycles. The Kier molecular flexibility index (Phi) is 6.67. The standard InChI is InChI=1S/C24H23NO4.ClH/c1-28-17-6-4-5-15(11-17)9-10-23-20(12-16(25)14-26)21-13-22(27)18-7-2-3-8-19(18)24(21)29-23;/h2-11,13,16,26-27H,12,14,25H2,1H3;1H/b10-9+;. The minimum atomic E-state index is -0.423. The monoisotopic (exact) mass is 425 g/mol. The summed E-state index contributed by atoms with van der Waals surface area (Å²) in [5.74, 6) is 1.62. The Morgan fingerprint density at radius 2 is 1.80 bits per heavy atom. The Balaban J connectivity index is 0.00000256. The lowest BCUT2D eigenvalue weighted by molar-refractivity contribution is 0.265. The zero-order valence-corrected chi connectivity index (χ0v) is 17.4. The average Bonchev–Trinajstić information content (AvgIpc) is 3.09. The number of phenolic OH excluding ortho intramolecular Hbond substituents is 1. The molecule has 0 bridgehead atoms. The maximum atomic E-state index is 10.5. The van der Waals surface area contributed by atoms with Crippen LogP contribution in [0.3, 0.4) is 0 Å². The second-order valence-electron chi connectivity index (χ2n) is 7.02. The third-order valence-corrected chi connectivity index (χ3v) is 5.03. The number of fused-ring (bicyclic) bond motifs is 3. The molecule has 3 aromatic carbocycles. The number of aromatic hydroxyl groups is 1. The molecule has 1 heterocycles. The second kappa shape index (κ2) is 9.22. The number of methoxy groups -OCH3 is 1. The van der Waals surface area contributed by atoms with E-state index in [1.54, 1.807) is 13.2 Å². The molecule has 0 aliphatic rings. The van der Waals surface area contributed by atoms with Gasteiger partial charge in [-0.25, -0.2) is 0 Å². The van der Waals surface area contributed by atoms with Gasteiger partial charge in [-0.05, 0) is 36.3 Å². The number of halogens is 1. The highest BCUT2D eigenvalue weighted by atomic mass is 35.5. The van der Waals surface area contributed by atoms with Gasteiger partial charge < -0.3 is 25.1 Å². The molecule has 4 aromatic rings. The van der Waals surface area contributed by atoms with Crippen LogP contribution in [0.4, 0.5) is 0 Å². The van der Waals surface area contributed by atoms with Crippen molar-refractivity contribution in [2.75, 3.05) is 13.7 Å². The first-order valence-corrected chi connectivity index (χ1v) is 9.45. The molecule has 156 valence electrons. The van der Waals surface area contributed by atoms with Gasteiger partial charge in [0.15, 0.2) is 0 Å². The quantitative estimate of drug-likeness (QED) is 0.414. The summed E-state index contributed by atoms with van der Waals surface area (Å²) >= 11 is 0. The molecular formula is C24H24ClNO4.